The van der Waals surface area contributed by atoms with Gasteiger partial charge in [0.05, 0.1) is 12.1 Å². The van der Waals surface area contributed by atoms with Crippen molar-refractivity contribution in [3.8, 4) is 11.8 Å². The van der Waals surface area contributed by atoms with E-state index in [2.05, 4.69) is 40.9 Å². The number of pyridine rings is 1. The molecule has 0 aliphatic carbocycles. The zero-order chi connectivity index (χ0) is 15.2. The first-order valence-electron chi connectivity index (χ1n) is 6.46. The molecule has 1 heterocycles. The molecule has 0 aliphatic rings. The van der Waals surface area contributed by atoms with Crippen LogP contribution in [-0.2, 0) is 0 Å². The van der Waals surface area contributed by atoms with Gasteiger partial charge in [0.25, 0.3) is 5.91 Å². The number of rotatable bonds is 4. The number of hydrogen-bond acceptors (Lipinski definition) is 4. The van der Waals surface area contributed by atoms with Gasteiger partial charge in [0.2, 0.25) is 0 Å². The predicted octanol–water partition coefficient (Wildman–Crippen LogP) is 0.462. The average molecular weight is 274 g/mol. The van der Waals surface area contributed by atoms with E-state index in [0.29, 0.717) is 17.7 Å². The van der Waals surface area contributed by atoms with Gasteiger partial charge in [-0.25, -0.2) is 0 Å². The summed E-state index contributed by atoms with van der Waals surface area (Å²) >= 11 is 0. The zero-order valence-electron chi connectivity index (χ0n) is 12.5. The second-order valence-electron chi connectivity index (χ2n) is 5.36. The Hall–Kier alpha value is -1.90. The van der Waals surface area contributed by atoms with Gasteiger partial charge in [-0.05, 0) is 34.0 Å². The lowest BCUT2D eigenvalue weighted by atomic mass is 10.0. The molecule has 1 aromatic rings. The van der Waals surface area contributed by atoms with Gasteiger partial charge in [-0.3, -0.25) is 9.78 Å². The highest BCUT2D eigenvalue weighted by atomic mass is 16.1. The molecule has 0 aromatic carbocycles. The summed E-state index contributed by atoms with van der Waals surface area (Å²) in [5.74, 6) is 5.46. The summed E-state index contributed by atoms with van der Waals surface area (Å²) in [4.78, 5) is 18.2. The van der Waals surface area contributed by atoms with Gasteiger partial charge >= 0.3 is 0 Å². The molecule has 3 N–H and O–H groups in total. The normalized spacial score (nSPS) is 10.9. The lowest BCUT2D eigenvalue weighted by molar-refractivity contribution is 0.0919. The lowest BCUT2D eigenvalue weighted by Gasteiger charge is -2.32. The molecule has 5 nitrogen and oxygen atoms in total. The molecule has 0 unspecified atom stereocenters. The lowest BCUT2D eigenvalue weighted by Crippen LogP contribution is -2.48. The topological polar surface area (TPSA) is 71.2 Å². The number of aromatic nitrogens is 1. The first-order valence-corrected chi connectivity index (χ1v) is 6.46. The van der Waals surface area contributed by atoms with E-state index >= 15 is 0 Å². The van der Waals surface area contributed by atoms with Crippen LogP contribution in [0.15, 0.2) is 18.5 Å². The molecule has 108 valence electrons. The Morgan fingerprint density at radius 2 is 2.15 bits per heavy atom. The van der Waals surface area contributed by atoms with E-state index in [9.17, 15) is 4.79 Å². The fraction of sp³-hybridized carbons (Fsp3) is 0.467. The quantitative estimate of drug-likeness (QED) is 0.783. The third-order valence-electron chi connectivity index (χ3n) is 3.23. The van der Waals surface area contributed by atoms with Crippen molar-refractivity contribution in [3.63, 3.8) is 0 Å². The monoisotopic (exact) mass is 274 g/mol. The van der Waals surface area contributed by atoms with Crippen LogP contribution in [0, 0.1) is 11.8 Å². The van der Waals surface area contributed by atoms with Crippen LogP contribution in [0.25, 0.3) is 0 Å². The Morgan fingerprint density at radius 3 is 2.75 bits per heavy atom. The van der Waals surface area contributed by atoms with Crippen LogP contribution in [0.2, 0.25) is 0 Å². The number of nitrogens with one attached hydrogen (secondary N) is 1. The summed E-state index contributed by atoms with van der Waals surface area (Å²) in [6.07, 6.45) is 3.15. The maximum atomic E-state index is 12.1. The van der Waals surface area contributed by atoms with E-state index in [-0.39, 0.29) is 18.0 Å². The van der Waals surface area contributed by atoms with Gasteiger partial charge in [0.1, 0.15) is 0 Å². The molecule has 1 amide bonds. The highest BCUT2D eigenvalue weighted by Crippen LogP contribution is 2.08. The summed E-state index contributed by atoms with van der Waals surface area (Å²) in [7, 11) is 3.97. The van der Waals surface area contributed by atoms with Gasteiger partial charge in [0, 0.05) is 30.0 Å². The van der Waals surface area contributed by atoms with Crippen LogP contribution in [0.4, 0.5) is 0 Å². The van der Waals surface area contributed by atoms with Crippen molar-refractivity contribution in [2.75, 3.05) is 27.2 Å². The van der Waals surface area contributed by atoms with Crippen molar-refractivity contribution in [3.05, 3.63) is 29.6 Å². The standard InChI is InChI=1S/C15H22N4O/c1-15(2,19(3)4)11-18-14(20)13-8-12(6-5-7-16)9-17-10-13/h8-10H,7,11,16H2,1-4H3,(H,18,20). The Bertz CT molecular complexity index is 526. The minimum atomic E-state index is -0.149. The third kappa shape index (κ3) is 4.65. The third-order valence-corrected chi connectivity index (χ3v) is 3.23. The molecule has 0 saturated heterocycles. The van der Waals surface area contributed by atoms with E-state index in [4.69, 9.17) is 5.73 Å². The second-order valence-corrected chi connectivity index (χ2v) is 5.36. The predicted molar refractivity (Wildman–Crippen MR) is 80.3 cm³/mol. The summed E-state index contributed by atoms with van der Waals surface area (Å²) in [6, 6.07) is 1.72. The molecule has 5 heteroatoms. The fourth-order valence-corrected chi connectivity index (χ4v) is 1.34. The van der Waals surface area contributed by atoms with E-state index in [1.807, 2.05) is 14.1 Å². The first kappa shape index (κ1) is 16.2. The molecule has 0 saturated carbocycles. The van der Waals surface area contributed by atoms with Gasteiger partial charge in [-0.15, -0.1) is 0 Å². The number of amides is 1. The largest absolute Gasteiger partial charge is 0.350 e. The van der Waals surface area contributed by atoms with Crippen LogP contribution in [0.1, 0.15) is 29.8 Å². The zero-order valence-corrected chi connectivity index (χ0v) is 12.5. The summed E-state index contributed by atoms with van der Waals surface area (Å²) in [5.41, 5.74) is 6.40. The molecule has 1 aromatic heterocycles. The number of likely N-dealkylation sites (N-methyl/N-ethyl adjacent to an activating group) is 1. The van der Waals surface area contributed by atoms with Crippen molar-refractivity contribution >= 4 is 5.91 Å². The van der Waals surface area contributed by atoms with Crippen LogP contribution in [-0.4, -0.2) is 48.5 Å². The van der Waals surface area contributed by atoms with Crippen LogP contribution >= 0.6 is 0 Å². The summed E-state index contributed by atoms with van der Waals surface area (Å²) < 4.78 is 0. The van der Waals surface area contributed by atoms with Gasteiger partial charge < -0.3 is 16.0 Å². The summed E-state index contributed by atoms with van der Waals surface area (Å²) in [5, 5.41) is 2.91. The van der Waals surface area contributed by atoms with Crippen molar-refractivity contribution in [2.24, 2.45) is 5.73 Å². The fourth-order valence-electron chi connectivity index (χ4n) is 1.34. The van der Waals surface area contributed by atoms with Crippen molar-refractivity contribution < 1.29 is 4.79 Å². The summed E-state index contributed by atoms with van der Waals surface area (Å²) in [6.45, 7) is 4.97. The number of carbonyl (C=O) groups is 1. The Kier molecular flexibility index (Phi) is 5.68. The number of nitrogens with zero attached hydrogens (tertiary/aromatic N) is 2. The maximum absolute atomic E-state index is 12.1. The maximum Gasteiger partial charge on any atom is 0.252 e. The molecular formula is C15H22N4O. The molecular weight excluding hydrogens is 252 g/mol. The van der Waals surface area contributed by atoms with Crippen molar-refractivity contribution in [1.29, 1.82) is 0 Å². The van der Waals surface area contributed by atoms with Crippen molar-refractivity contribution in [2.45, 2.75) is 19.4 Å². The molecule has 0 fully saturated rings. The number of carbonyl (C=O) groups excluding carboxylic acids is 1. The highest BCUT2D eigenvalue weighted by Gasteiger charge is 2.21. The highest BCUT2D eigenvalue weighted by molar-refractivity contribution is 5.94. The molecule has 20 heavy (non-hydrogen) atoms. The van der Waals surface area contributed by atoms with E-state index < -0.39 is 0 Å². The van der Waals surface area contributed by atoms with Crippen molar-refractivity contribution in [1.82, 2.24) is 15.2 Å². The molecule has 0 spiro atoms. The average Bonchev–Trinajstić information content (AvgIpc) is 2.42. The minimum absolute atomic E-state index is 0.111. The molecule has 0 bridgehead atoms. The van der Waals surface area contributed by atoms with E-state index in [0.717, 1.165) is 0 Å². The molecule has 0 aliphatic heterocycles. The molecule has 0 radical (unpaired) electrons. The van der Waals surface area contributed by atoms with Gasteiger partial charge in [-0.1, -0.05) is 11.8 Å². The van der Waals surface area contributed by atoms with Crippen LogP contribution in [0.5, 0.6) is 0 Å². The SMILES string of the molecule is CN(C)C(C)(C)CNC(=O)c1cncc(C#CCN)c1. The Balaban J connectivity index is 2.73. The van der Waals surface area contributed by atoms with Gasteiger partial charge in [-0.2, -0.15) is 0 Å². The smallest absolute Gasteiger partial charge is 0.252 e. The van der Waals surface area contributed by atoms with E-state index in [1.165, 1.54) is 6.20 Å². The Morgan fingerprint density at radius 1 is 1.45 bits per heavy atom. The van der Waals surface area contributed by atoms with Crippen LogP contribution < -0.4 is 11.1 Å². The van der Waals surface area contributed by atoms with E-state index in [1.54, 1.807) is 12.3 Å². The number of nitrogens with two attached hydrogens (primary N) is 1. The molecule has 1 rings (SSSR count). The van der Waals surface area contributed by atoms with Crippen LogP contribution in [0.3, 0.4) is 0 Å². The first-order chi connectivity index (χ1) is 9.36. The number of hydrogen-bond donors (Lipinski definition) is 2. The van der Waals surface area contributed by atoms with Gasteiger partial charge in [0.15, 0.2) is 0 Å². The minimum Gasteiger partial charge on any atom is -0.350 e. The Labute approximate surface area is 120 Å². The second kappa shape index (κ2) is 7.04. The molecule has 0 atom stereocenters.